The Bertz CT molecular complexity index is 612. The molecule has 0 bridgehead atoms. The molecule has 1 atom stereocenters. The summed E-state index contributed by atoms with van der Waals surface area (Å²) in [6.45, 7) is 5.06. The van der Waals surface area contributed by atoms with E-state index >= 15 is 0 Å². The van der Waals surface area contributed by atoms with Crippen LogP contribution in [0.2, 0.25) is 0 Å². The average molecular weight is 362 g/mol. The minimum absolute atomic E-state index is 0.190. The third-order valence-electron chi connectivity index (χ3n) is 2.95. The highest BCUT2D eigenvalue weighted by Crippen LogP contribution is 2.34. The van der Waals surface area contributed by atoms with Crippen LogP contribution in [-0.4, -0.2) is 37.4 Å². The van der Waals surface area contributed by atoms with Crippen molar-refractivity contribution in [2.75, 3.05) is 19.0 Å². The lowest BCUT2D eigenvalue weighted by Gasteiger charge is -2.24. The smallest absolute Gasteiger partial charge is 0.418 e. The number of halogens is 3. The van der Waals surface area contributed by atoms with Gasteiger partial charge in [-0.05, 0) is 32.9 Å². The average Bonchev–Trinajstić information content (AvgIpc) is 2.49. The van der Waals surface area contributed by atoms with Crippen molar-refractivity contribution < 1.29 is 32.2 Å². The number of hydrogen-bond donors (Lipinski definition) is 2. The Balaban J connectivity index is 2.83. The number of benzene rings is 1. The molecule has 1 aromatic rings. The highest BCUT2D eigenvalue weighted by Gasteiger charge is 2.34. The normalized spacial score (nSPS) is 13.1. The summed E-state index contributed by atoms with van der Waals surface area (Å²) in [6, 6.07) is 2.37. The first-order valence-corrected chi connectivity index (χ1v) is 7.39. The van der Waals surface area contributed by atoms with Gasteiger partial charge in [0.1, 0.15) is 0 Å². The molecule has 0 aliphatic rings. The van der Waals surface area contributed by atoms with Gasteiger partial charge in [0.15, 0.2) is 6.04 Å². The Morgan fingerprint density at radius 3 is 2.28 bits per heavy atom. The van der Waals surface area contributed by atoms with Crippen LogP contribution in [0.3, 0.4) is 0 Å². The van der Waals surface area contributed by atoms with Crippen molar-refractivity contribution in [1.82, 2.24) is 5.32 Å². The van der Waals surface area contributed by atoms with Crippen LogP contribution in [0, 0.1) is 0 Å². The highest BCUT2D eigenvalue weighted by molar-refractivity contribution is 5.93. The van der Waals surface area contributed by atoms with Gasteiger partial charge in [0.25, 0.3) is 0 Å². The van der Waals surface area contributed by atoms with Crippen molar-refractivity contribution in [2.45, 2.75) is 38.6 Å². The highest BCUT2D eigenvalue weighted by atomic mass is 19.4. The molecule has 140 valence electrons. The number of esters is 1. The molecule has 0 aliphatic carbocycles. The number of ether oxygens (including phenoxy) is 2. The van der Waals surface area contributed by atoms with E-state index < -0.39 is 41.1 Å². The maximum absolute atomic E-state index is 12.9. The fourth-order valence-electron chi connectivity index (χ4n) is 1.80. The monoisotopic (exact) mass is 362 g/mol. The number of carbonyl (C=O) groups excluding carboxylic acids is 2. The van der Waals surface area contributed by atoms with Crippen LogP contribution in [0.25, 0.3) is 0 Å². The number of anilines is 1. The molecule has 2 N–H and O–H groups in total. The number of urea groups is 1. The molecule has 25 heavy (non-hydrogen) atoms. The van der Waals surface area contributed by atoms with E-state index in [1.54, 1.807) is 20.8 Å². The summed E-state index contributed by atoms with van der Waals surface area (Å²) in [5.74, 6) is -0.775. The van der Waals surface area contributed by atoms with Crippen molar-refractivity contribution in [3.8, 4) is 0 Å². The minimum atomic E-state index is -4.62. The van der Waals surface area contributed by atoms with Gasteiger partial charge in [0.05, 0.1) is 30.6 Å². The molecule has 0 heterocycles. The largest absolute Gasteiger partial charge is 0.467 e. The third-order valence-corrected chi connectivity index (χ3v) is 2.95. The van der Waals surface area contributed by atoms with E-state index in [0.29, 0.717) is 0 Å². The fourth-order valence-corrected chi connectivity index (χ4v) is 1.80. The van der Waals surface area contributed by atoms with E-state index in [1.807, 2.05) is 0 Å². The molecule has 0 radical (unpaired) electrons. The van der Waals surface area contributed by atoms with Crippen LogP contribution in [0.1, 0.15) is 26.3 Å². The van der Waals surface area contributed by atoms with Gasteiger partial charge >= 0.3 is 18.2 Å². The number of hydrogen-bond acceptors (Lipinski definition) is 4. The first kappa shape index (κ1) is 20.8. The maximum Gasteiger partial charge on any atom is 0.418 e. The molecule has 0 fully saturated rings. The van der Waals surface area contributed by atoms with Crippen LogP contribution in [0.15, 0.2) is 24.3 Å². The van der Waals surface area contributed by atoms with E-state index in [4.69, 9.17) is 4.74 Å². The zero-order chi connectivity index (χ0) is 19.3. The minimum Gasteiger partial charge on any atom is -0.467 e. The molecule has 0 spiro atoms. The Morgan fingerprint density at radius 1 is 1.16 bits per heavy atom. The first-order valence-electron chi connectivity index (χ1n) is 7.39. The predicted molar refractivity (Wildman–Crippen MR) is 85.1 cm³/mol. The zero-order valence-electron chi connectivity index (χ0n) is 14.4. The standard InChI is InChI=1S/C16H21F3N2O4/c1-15(2,3)25-9-12(13(22)24-4)21-14(23)20-11-8-6-5-7-10(11)16(17,18)19/h5-8,12H,9H2,1-4H3,(H2,20,21,23). The van der Waals surface area contributed by atoms with Crippen LogP contribution >= 0.6 is 0 Å². The summed E-state index contributed by atoms with van der Waals surface area (Å²) in [5.41, 5.74) is -1.99. The fraction of sp³-hybridized carbons (Fsp3) is 0.500. The lowest BCUT2D eigenvalue weighted by Crippen LogP contribution is -2.47. The Hall–Kier alpha value is -2.29. The van der Waals surface area contributed by atoms with Crippen LogP contribution < -0.4 is 10.6 Å². The third kappa shape index (κ3) is 7.00. The summed E-state index contributed by atoms with van der Waals surface area (Å²) >= 11 is 0. The van der Waals surface area contributed by atoms with Gasteiger partial charge in [-0.15, -0.1) is 0 Å². The molecular weight excluding hydrogens is 341 g/mol. The predicted octanol–water partition coefficient (Wildman–Crippen LogP) is 3.18. The molecule has 1 unspecified atom stereocenters. The number of carbonyl (C=O) groups is 2. The van der Waals surface area contributed by atoms with E-state index in [1.165, 1.54) is 12.1 Å². The summed E-state index contributed by atoms with van der Waals surface area (Å²) in [6.07, 6.45) is -4.62. The molecular formula is C16H21F3N2O4. The van der Waals surface area contributed by atoms with Gasteiger partial charge < -0.3 is 20.1 Å². The molecule has 9 heteroatoms. The zero-order valence-corrected chi connectivity index (χ0v) is 14.4. The van der Waals surface area contributed by atoms with Crippen LogP contribution in [0.5, 0.6) is 0 Å². The van der Waals surface area contributed by atoms with Crippen molar-refractivity contribution in [2.24, 2.45) is 0 Å². The van der Waals surface area contributed by atoms with Crippen LogP contribution in [-0.2, 0) is 20.4 Å². The summed E-state index contributed by atoms with van der Waals surface area (Å²) in [4.78, 5) is 23.7. The number of amides is 2. The number of rotatable bonds is 5. The molecule has 2 amide bonds. The molecule has 1 rings (SSSR count). The van der Waals surface area contributed by atoms with E-state index in [-0.39, 0.29) is 6.61 Å². The topological polar surface area (TPSA) is 76.7 Å². The molecule has 0 saturated heterocycles. The van der Waals surface area contributed by atoms with Gasteiger partial charge in [0.2, 0.25) is 0 Å². The lowest BCUT2D eigenvalue weighted by molar-refractivity contribution is -0.146. The summed E-state index contributed by atoms with van der Waals surface area (Å²) < 4.78 is 48.8. The molecule has 6 nitrogen and oxygen atoms in total. The summed E-state index contributed by atoms with van der Waals surface area (Å²) in [7, 11) is 1.13. The molecule has 0 aromatic heterocycles. The molecule has 0 aliphatic heterocycles. The van der Waals surface area contributed by atoms with Gasteiger partial charge in [-0.1, -0.05) is 12.1 Å². The van der Waals surface area contributed by atoms with Gasteiger partial charge in [-0.3, -0.25) is 0 Å². The summed E-state index contributed by atoms with van der Waals surface area (Å²) in [5, 5.41) is 4.34. The van der Waals surface area contributed by atoms with Crippen molar-refractivity contribution in [3.63, 3.8) is 0 Å². The Labute approximate surface area is 143 Å². The van der Waals surface area contributed by atoms with E-state index in [9.17, 15) is 22.8 Å². The quantitative estimate of drug-likeness (QED) is 0.789. The second-order valence-electron chi connectivity index (χ2n) is 6.14. The number of para-hydroxylation sites is 1. The van der Waals surface area contributed by atoms with E-state index in [2.05, 4.69) is 15.4 Å². The second kappa shape index (κ2) is 8.19. The Kier molecular flexibility index (Phi) is 6.80. The van der Waals surface area contributed by atoms with Gasteiger partial charge in [-0.2, -0.15) is 13.2 Å². The SMILES string of the molecule is COC(=O)C(COC(C)(C)C)NC(=O)Nc1ccccc1C(F)(F)F. The maximum atomic E-state index is 12.9. The Morgan fingerprint density at radius 2 is 1.76 bits per heavy atom. The number of nitrogens with one attached hydrogen (secondary N) is 2. The first-order chi connectivity index (χ1) is 11.4. The lowest BCUT2D eigenvalue weighted by atomic mass is 10.1. The number of methoxy groups -OCH3 is 1. The number of alkyl halides is 3. The molecule has 0 saturated carbocycles. The van der Waals surface area contributed by atoms with Crippen molar-refractivity contribution in [3.05, 3.63) is 29.8 Å². The van der Waals surface area contributed by atoms with E-state index in [0.717, 1.165) is 19.2 Å². The van der Waals surface area contributed by atoms with Gasteiger partial charge in [-0.25, -0.2) is 9.59 Å². The van der Waals surface area contributed by atoms with Crippen molar-refractivity contribution in [1.29, 1.82) is 0 Å². The van der Waals surface area contributed by atoms with Crippen molar-refractivity contribution >= 4 is 17.7 Å². The van der Waals surface area contributed by atoms with Crippen LogP contribution in [0.4, 0.5) is 23.7 Å². The molecule has 1 aromatic carbocycles. The van der Waals surface area contributed by atoms with Gasteiger partial charge in [0, 0.05) is 0 Å². The second-order valence-corrected chi connectivity index (χ2v) is 6.14.